The second-order valence-electron chi connectivity index (χ2n) is 6.90. The molecule has 1 unspecified atom stereocenters. The van der Waals surface area contributed by atoms with Crippen LogP contribution in [0.3, 0.4) is 0 Å². The third kappa shape index (κ3) is 3.69. The highest BCUT2D eigenvalue weighted by Gasteiger charge is 2.46. The number of aromatic amines is 1. The molecule has 1 fully saturated rings. The molecule has 1 aliphatic heterocycles. The summed E-state index contributed by atoms with van der Waals surface area (Å²) in [7, 11) is 0. The van der Waals surface area contributed by atoms with E-state index in [-0.39, 0.29) is 23.4 Å². The molecule has 3 aromatic rings. The van der Waals surface area contributed by atoms with Crippen LogP contribution in [0.2, 0.25) is 5.02 Å². The monoisotopic (exact) mass is 423 g/mol. The van der Waals surface area contributed by atoms with E-state index in [4.69, 9.17) is 11.6 Å². The fourth-order valence-corrected chi connectivity index (χ4v) is 3.65. The van der Waals surface area contributed by atoms with Gasteiger partial charge in [-0.05, 0) is 48.0 Å². The number of aliphatic hydroxyl groups excluding tert-OH is 1. The molecule has 30 heavy (non-hydrogen) atoms. The molecule has 2 aromatic carbocycles. The van der Waals surface area contributed by atoms with Gasteiger partial charge in [-0.2, -0.15) is 0 Å². The first-order chi connectivity index (χ1) is 14.5. The molecule has 4 rings (SSSR count). The lowest BCUT2D eigenvalue weighted by molar-refractivity contribution is -0.378. The number of rotatable bonds is 4. The van der Waals surface area contributed by atoms with E-state index in [2.05, 4.69) is 4.98 Å². The van der Waals surface area contributed by atoms with Crippen molar-refractivity contribution in [2.75, 3.05) is 0 Å². The number of aromatic nitrogens is 1. The zero-order valence-electron chi connectivity index (χ0n) is 15.7. The minimum atomic E-state index is -0.812. The van der Waals surface area contributed by atoms with E-state index < -0.39 is 23.5 Å². The van der Waals surface area contributed by atoms with Gasteiger partial charge in [0.05, 0.1) is 18.2 Å². The number of halogens is 2. The van der Waals surface area contributed by atoms with Crippen molar-refractivity contribution in [3.05, 3.63) is 106 Å². The molecule has 1 aromatic heterocycles. The van der Waals surface area contributed by atoms with Gasteiger partial charge in [-0.3, -0.25) is 9.59 Å². The lowest BCUT2D eigenvalue weighted by atomic mass is 9.95. The van der Waals surface area contributed by atoms with Crippen LogP contribution in [0.5, 0.6) is 0 Å². The number of carbonyl (C=O) groups excluding carboxylic acids is 2. The van der Waals surface area contributed by atoms with Gasteiger partial charge in [0.15, 0.2) is 12.4 Å². The van der Waals surface area contributed by atoms with Crippen molar-refractivity contribution in [2.45, 2.75) is 12.6 Å². The van der Waals surface area contributed by atoms with Gasteiger partial charge in [0, 0.05) is 22.2 Å². The molecule has 1 amide bonds. The first kappa shape index (κ1) is 19.8. The summed E-state index contributed by atoms with van der Waals surface area (Å²) >= 11 is 6.00. The Balaban J connectivity index is 1.85. The van der Waals surface area contributed by atoms with Crippen LogP contribution in [-0.2, 0) is 16.1 Å². The summed E-state index contributed by atoms with van der Waals surface area (Å²) < 4.78 is 13.3. The van der Waals surface area contributed by atoms with Gasteiger partial charge in [-0.25, -0.2) is 9.37 Å². The van der Waals surface area contributed by atoms with Gasteiger partial charge < -0.3 is 10.0 Å². The molecule has 0 bridgehead atoms. The maximum atomic E-state index is 13.3. The Morgan fingerprint density at radius 1 is 1.07 bits per heavy atom. The molecule has 0 aliphatic carbocycles. The molecule has 0 saturated carbocycles. The summed E-state index contributed by atoms with van der Waals surface area (Å²) in [6, 6.07) is 14.6. The van der Waals surface area contributed by atoms with E-state index >= 15 is 0 Å². The maximum Gasteiger partial charge on any atom is 0.295 e. The quantitative estimate of drug-likeness (QED) is 0.393. The fraction of sp³-hybridized carbons (Fsp3) is 0.0870. The molecule has 2 heterocycles. The number of hydrogen-bond acceptors (Lipinski definition) is 3. The Morgan fingerprint density at radius 2 is 1.77 bits per heavy atom. The largest absolute Gasteiger partial charge is 0.507 e. The highest BCUT2D eigenvalue weighted by Crippen LogP contribution is 2.40. The molecule has 1 saturated heterocycles. The van der Waals surface area contributed by atoms with Crippen LogP contribution in [0.4, 0.5) is 4.39 Å². The molecular formula is C23H17ClFN2O3+. The van der Waals surface area contributed by atoms with Crippen LogP contribution in [-0.4, -0.2) is 21.7 Å². The summed E-state index contributed by atoms with van der Waals surface area (Å²) in [5, 5.41) is 11.4. The normalized spacial score (nSPS) is 18.1. The minimum Gasteiger partial charge on any atom is -0.507 e. The van der Waals surface area contributed by atoms with E-state index in [1.54, 1.807) is 42.7 Å². The molecule has 5 nitrogen and oxygen atoms in total. The number of likely N-dealkylation sites (tertiary alicyclic amines) is 1. The highest BCUT2D eigenvalue weighted by molar-refractivity contribution is 6.46. The smallest absolute Gasteiger partial charge is 0.295 e. The van der Waals surface area contributed by atoms with Crippen LogP contribution in [0.25, 0.3) is 5.76 Å². The minimum absolute atomic E-state index is 0.0474. The van der Waals surface area contributed by atoms with Gasteiger partial charge >= 0.3 is 0 Å². The van der Waals surface area contributed by atoms with E-state index in [1.807, 2.05) is 6.07 Å². The zero-order chi connectivity index (χ0) is 21.3. The predicted molar refractivity (Wildman–Crippen MR) is 109 cm³/mol. The van der Waals surface area contributed by atoms with Crippen molar-refractivity contribution < 1.29 is 24.1 Å². The first-order valence-corrected chi connectivity index (χ1v) is 9.58. The number of benzene rings is 2. The summed E-state index contributed by atoms with van der Waals surface area (Å²) in [4.78, 5) is 30.2. The third-order valence-corrected chi connectivity index (χ3v) is 5.22. The Hall–Kier alpha value is -3.51. The highest BCUT2D eigenvalue weighted by atomic mass is 35.5. The van der Waals surface area contributed by atoms with E-state index in [0.717, 1.165) is 5.56 Å². The maximum absolute atomic E-state index is 13.3. The summed E-state index contributed by atoms with van der Waals surface area (Å²) in [6.07, 6.45) is 3.47. The topological polar surface area (TPSA) is 71.8 Å². The van der Waals surface area contributed by atoms with E-state index in [1.165, 1.54) is 29.2 Å². The summed E-state index contributed by atoms with van der Waals surface area (Å²) in [5.74, 6) is -2.34. The zero-order valence-corrected chi connectivity index (χ0v) is 16.4. The summed E-state index contributed by atoms with van der Waals surface area (Å²) in [5.41, 5.74) is 1.62. The number of amides is 1. The standard InChI is InChI=1S/C23H16ClFN2O3/c24-17-7-3-15(4-8-17)20-19(21(28)16-5-9-18(25)10-6-16)22(29)23(30)27(20)13-14-2-1-11-26-12-14/h1-12,20,28H,13H2/p+1. The number of Topliss-reactive ketones (excluding diaryl/α,β-unsaturated/α-hetero) is 1. The van der Waals surface area contributed by atoms with Gasteiger partial charge in [-0.15, -0.1) is 0 Å². The van der Waals surface area contributed by atoms with Crippen LogP contribution >= 0.6 is 11.6 Å². The average molecular weight is 424 g/mol. The number of aliphatic hydroxyl groups is 1. The second kappa shape index (κ2) is 8.08. The van der Waals surface area contributed by atoms with Crippen LogP contribution < -0.4 is 4.98 Å². The Kier molecular flexibility index (Phi) is 5.33. The van der Waals surface area contributed by atoms with Crippen LogP contribution in [0.1, 0.15) is 22.7 Å². The lowest BCUT2D eigenvalue weighted by Gasteiger charge is -2.25. The third-order valence-electron chi connectivity index (χ3n) is 4.97. The number of carbonyl (C=O) groups is 2. The first-order valence-electron chi connectivity index (χ1n) is 9.20. The van der Waals surface area contributed by atoms with Gasteiger partial charge in [0.2, 0.25) is 0 Å². The molecule has 1 aliphatic rings. The molecule has 0 spiro atoms. The average Bonchev–Trinajstić information content (AvgIpc) is 3.00. The van der Waals surface area contributed by atoms with Crippen molar-refractivity contribution in [3.8, 4) is 0 Å². The lowest BCUT2D eigenvalue weighted by Crippen LogP contribution is -2.29. The molecular weight excluding hydrogens is 407 g/mol. The number of nitrogens with one attached hydrogen (secondary N) is 1. The fourth-order valence-electron chi connectivity index (χ4n) is 3.52. The molecule has 0 radical (unpaired) electrons. The van der Waals surface area contributed by atoms with Crippen molar-refractivity contribution in [2.24, 2.45) is 0 Å². The Labute approximate surface area is 177 Å². The van der Waals surface area contributed by atoms with Crippen LogP contribution in [0, 0.1) is 5.82 Å². The predicted octanol–water partition coefficient (Wildman–Crippen LogP) is 3.92. The number of pyridine rings is 1. The van der Waals surface area contributed by atoms with Gasteiger partial charge in [0.25, 0.3) is 11.7 Å². The van der Waals surface area contributed by atoms with Crippen molar-refractivity contribution in [1.29, 1.82) is 0 Å². The number of H-pyrrole nitrogens is 1. The second-order valence-corrected chi connectivity index (χ2v) is 7.33. The van der Waals surface area contributed by atoms with Crippen LogP contribution in [0.15, 0.2) is 78.6 Å². The number of nitrogens with zero attached hydrogens (tertiary/aromatic N) is 1. The Bertz CT molecular complexity index is 1130. The molecule has 150 valence electrons. The van der Waals surface area contributed by atoms with Gasteiger partial charge in [-0.1, -0.05) is 23.7 Å². The van der Waals surface area contributed by atoms with E-state index in [9.17, 15) is 19.1 Å². The van der Waals surface area contributed by atoms with Crippen molar-refractivity contribution in [1.82, 2.24) is 4.90 Å². The molecule has 2 N–H and O–H groups in total. The SMILES string of the molecule is O=C1C(=O)N(Cc2ccc[nH+]c2)C(c2ccc(Cl)cc2)C1=C(O)c1ccc(F)cc1. The van der Waals surface area contributed by atoms with Crippen molar-refractivity contribution >= 4 is 29.1 Å². The Morgan fingerprint density at radius 3 is 2.40 bits per heavy atom. The number of hydrogen-bond donors (Lipinski definition) is 1. The van der Waals surface area contributed by atoms with E-state index in [0.29, 0.717) is 10.6 Å². The van der Waals surface area contributed by atoms with Crippen molar-refractivity contribution in [3.63, 3.8) is 0 Å². The number of ketones is 1. The summed E-state index contributed by atoms with van der Waals surface area (Å²) in [6.45, 7) is 0.162. The molecule has 1 atom stereocenters. The van der Waals surface area contributed by atoms with Gasteiger partial charge in [0.1, 0.15) is 11.6 Å². The molecule has 7 heteroatoms.